The summed E-state index contributed by atoms with van der Waals surface area (Å²) in [6.07, 6.45) is 1.10. The Morgan fingerprint density at radius 2 is 1.83 bits per heavy atom. The molecule has 0 aliphatic carbocycles. The van der Waals surface area contributed by atoms with Crippen molar-refractivity contribution >= 4 is 29.9 Å². The molecule has 0 unspecified atom stereocenters. The fraction of sp³-hybridized carbons (Fsp3) is 0.611. The molecule has 0 amide bonds. The van der Waals surface area contributed by atoms with E-state index in [1.54, 1.807) is 14.2 Å². The van der Waals surface area contributed by atoms with Gasteiger partial charge in [-0.1, -0.05) is 38.1 Å². The van der Waals surface area contributed by atoms with Crippen molar-refractivity contribution in [3.8, 4) is 0 Å². The minimum absolute atomic E-state index is 0. The van der Waals surface area contributed by atoms with Gasteiger partial charge < -0.3 is 20.1 Å². The summed E-state index contributed by atoms with van der Waals surface area (Å²) in [5.74, 6) is 1.47. The van der Waals surface area contributed by atoms with Crippen molar-refractivity contribution in [3.05, 3.63) is 35.4 Å². The van der Waals surface area contributed by atoms with Gasteiger partial charge in [-0.05, 0) is 23.5 Å². The van der Waals surface area contributed by atoms with Crippen LogP contribution in [-0.2, 0) is 22.6 Å². The highest BCUT2D eigenvalue weighted by molar-refractivity contribution is 14.0. The fourth-order valence-electron chi connectivity index (χ4n) is 2.09. The number of hydrogen-bond acceptors (Lipinski definition) is 3. The number of halogens is 1. The molecule has 0 atom stereocenters. The van der Waals surface area contributed by atoms with Crippen molar-refractivity contribution < 1.29 is 9.47 Å². The molecule has 0 heterocycles. The molecule has 0 aromatic heterocycles. The SMILES string of the molecule is CN=C(NCCOCCC(C)C)NCc1ccccc1COC.I. The first kappa shape index (κ1) is 23.1. The Bertz CT molecular complexity index is 467. The van der Waals surface area contributed by atoms with Crippen LogP contribution in [0.4, 0.5) is 0 Å². The Balaban J connectivity index is 0.00000529. The number of methoxy groups -OCH3 is 1. The Kier molecular flexibility index (Phi) is 14.0. The third-order valence-electron chi connectivity index (χ3n) is 3.47. The Labute approximate surface area is 163 Å². The summed E-state index contributed by atoms with van der Waals surface area (Å²) in [6, 6.07) is 8.25. The predicted octanol–water partition coefficient (Wildman–Crippen LogP) is 3.18. The number of ether oxygens (including phenoxy) is 2. The lowest BCUT2D eigenvalue weighted by Gasteiger charge is -2.14. The second-order valence-corrected chi connectivity index (χ2v) is 5.85. The van der Waals surface area contributed by atoms with E-state index in [0.717, 1.165) is 25.5 Å². The van der Waals surface area contributed by atoms with Crippen LogP contribution in [0.5, 0.6) is 0 Å². The topological polar surface area (TPSA) is 54.9 Å². The van der Waals surface area contributed by atoms with Crippen LogP contribution in [0.25, 0.3) is 0 Å². The summed E-state index contributed by atoms with van der Waals surface area (Å²) < 4.78 is 10.8. The second kappa shape index (κ2) is 14.5. The molecule has 24 heavy (non-hydrogen) atoms. The summed E-state index contributed by atoms with van der Waals surface area (Å²) in [5, 5.41) is 6.58. The van der Waals surface area contributed by atoms with Crippen LogP contribution in [0.2, 0.25) is 0 Å². The molecule has 5 nitrogen and oxygen atoms in total. The van der Waals surface area contributed by atoms with E-state index in [9.17, 15) is 0 Å². The van der Waals surface area contributed by atoms with Crippen LogP contribution >= 0.6 is 24.0 Å². The normalized spacial score (nSPS) is 11.3. The van der Waals surface area contributed by atoms with Crippen LogP contribution in [0.3, 0.4) is 0 Å². The predicted molar refractivity (Wildman–Crippen MR) is 111 cm³/mol. The van der Waals surface area contributed by atoms with Gasteiger partial charge in [-0.2, -0.15) is 0 Å². The average Bonchev–Trinajstić information content (AvgIpc) is 2.54. The zero-order valence-corrected chi connectivity index (χ0v) is 17.6. The highest BCUT2D eigenvalue weighted by Gasteiger charge is 2.03. The first-order chi connectivity index (χ1) is 11.2. The van der Waals surface area contributed by atoms with Gasteiger partial charge in [0.15, 0.2) is 5.96 Å². The Hall–Kier alpha value is -0.860. The maximum Gasteiger partial charge on any atom is 0.191 e. The minimum atomic E-state index is 0. The number of aliphatic imine (C=N–C) groups is 1. The van der Waals surface area contributed by atoms with Crippen molar-refractivity contribution in [1.82, 2.24) is 10.6 Å². The van der Waals surface area contributed by atoms with Crippen LogP contribution in [-0.4, -0.2) is 39.9 Å². The molecule has 1 aromatic carbocycles. The highest BCUT2D eigenvalue weighted by atomic mass is 127. The lowest BCUT2D eigenvalue weighted by Crippen LogP contribution is -2.38. The summed E-state index contributed by atoms with van der Waals surface area (Å²) >= 11 is 0. The first-order valence-corrected chi connectivity index (χ1v) is 8.25. The highest BCUT2D eigenvalue weighted by Crippen LogP contribution is 2.09. The molecule has 0 aliphatic rings. The van der Waals surface area contributed by atoms with E-state index in [2.05, 4.69) is 41.6 Å². The maximum atomic E-state index is 5.59. The molecule has 0 radical (unpaired) electrons. The third kappa shape index (κ3) is 10.1. The van der Waals surface area contributed by atoms with Gasteiger partial charge in [0.25, 0.3) is 0 Å². The third-order valence-corrected chi connectivity index (χ3v) is 3.47. The van der Waals surface area contributed by atoms with E-state index in [0.29, 0.717) is 25.7 Å². The maximum absolute atomic E-state index is 5.59. The van der Waals surface area contributed by atoms with E-state index in [1.807, 2.05) is 12.1 Å². The van der Waals surface area contributed by atoms with Gasteiger partial charge in [-0.3, -0.25) is 4.99 Å². The van der Waals surface area contributed by atoms with Gasteiger partial charge in [0.2, 0.25) is 0 Å². The van der Waals surface area contributed by atoms with Crippen molar-refractivity contribution in [1.29, 1.82) is 0 Å². The molecule has 2 N–H and O–H groups in total. The lowest BCUT2D eigenvalue weighted by atomic mass is 10.1. The molecular weight excluding hydrogens is 417 g/mol. The number of nitrogens with one attached hydrogen (secondary N) is 2. The molecular formula is C18H32IN3O2. The van der Waals surface area contributed by atoms with E-state index in [4.69, 9.17) is 9.47 Å². The molecule has 0 bridgehead atoms. The summed E-state index contributed by atoms with van der Waals surface area (Å²) in [5.41, 5.74) is 2.40. The average molecular weight is 449 g/mol. The summed E-state index contributed by atoms with van der Waals surface area (Å²) in [7, 11) is 3.49. The zero-order valence-electron chi connectivity index (χ0n) is 15.3. The lowest BCUT2D eigenvalue weighted by molar-refractivity contribution is 0.128. The molecule has 1 aromatic rings. The molecule has 0 saturated carbocycles. The van der Waals surface area contributed by atoms with Crippen LogP contribution in [0.15, 0.2) is 29.3 Å². The van der Waals surface area contributed by atoms with E-state index < -0.39 is 0 Å². The second-order valence-electron chi connectivity index (χ2n) is 5.85. The Morgan fingerprint density at radius 1 is 1.12 bits per heavy atom. The summed E-state index contributed by atoms with van der Waals surface area (Å²) in [6.45, 7) is 7.99. The molecule has 0 aliphatic heterocycles. The van der Waals surface area contributed by atoms with Crippen LogP contribution in [0.1, 0.15) is 31.4 Å². The van der Waals surface area contributed by atoms with Gasteiger partial charge in [0, 0.05) is 33.9 Å². The van der Waals surface area contributed by atoms with Crippen LogP contribution in [0, 0.1) is 5.92 Å². The largest absolute Gasteiger partial charge is 0.380 e. The van der Waals surface area contributed by atoms with Crippen molar-refractivity contribution in [2.75, 3.05) is 33.9 Å². The number of benzene rings is 1. The van der Waals surface area contributed by atoms with Crippen molar-refractivity contribution in [3.63, 3.8) is 0 Å². The van der Waals surface area contributed by atoms with Gasteiger partial charge in [-0.15, -0.1) is 24.0 Å². The monoisotopic (exact) mass is 449 g/mol. The molecule has 6 heteroatoms. The molecule has 1 rings (SSSR count). The standard InChI is InChI=1S/C18H31N3O2.HI/c1-15(2)9-11-23-12-10-20-18(19-3)21-13-16-7-5-6-8-17(16)14-22-4;/h5-8,15H,9-14H2,1-4H3,(H2,19,20,21);1H. The van der Waals surface area contributed by atoms with Gasteiger partial charge in [0.1, 0.15) is 0 Å². The van der Waals surface area contributed by atoms with Crippen LogP contribution < -0.4 is 10.6 Å². The zero-order chi connectivity index (χ0) is 16.9. The van der Waals surface area contributed by atoms with Crippen molar-refractivity contribution in [2.45, 2.75) is 33.4 Å². The number of hydrogen-bond donors (Lipinski definition) is 2. The first-order valence-electron chi connectivity index (χ1n) is 8.25. The molecule has 0 saturated heterocycles. The van der Waals surface area contributed by atoms with E-state index in [-0.39, 0.29) is 24.0 Å². The van der Waals surface area contributed by atoms with Gasteiger partial charge in [0.05, 0.1) is 13.2 Å². The van der Waals surface area contributed by atoms with E-state index in [1.165, 1.54) is 11.1 Å². The minimum Gasteiger partial charge on any atom is -0.380 e. The number of guanidine groups is 1. The fourth-order valence-corrected chi connectivity index (χ4v) is 2.09. The molecule has 138 valence electrons. The number of nitrogens with zero attached hydrogens (tertiary/aromatic N) is 1. The smallest absolute Gasteiger partial charge is 0.191 e. The van der Waals surface area contributed by atoms with Gasteiger partial charge >= 0.3 is 0 Å². The quantitative estimate of drug-likeness (QED) is 0.249. The summed E-state index contributed by atoms with van der Waals surface area (Å²) in [4.78, 5) is 4.23. The van der Waals surface area contributed by atoms with E-state index >= 15 is 0 Å². The Morgan fingerprint density at radius 3 is 2.46 bits per heavy atom. The van der Waals surface area contributed by atoms with Gasteiger partial charge in [-0.25, -0.2) is 0 Å². The molecule has 0 spiro atoms. The number of rotatable bonds is 10. The van der Waals surface area contributed by atoms with Crippen molar-refractivity contribution in [2.24, 2.45) is 10.9 Å². The molecule has 0 fully saturated rings.